The van der Waals surface area contributed by atoms with Crippen molar-refractivity contribution in [1.82, 2.24) is 20.2 Å². The van der Waals surface area contributed by atoms with Crippen LogP contribution in [0.2, 0.25) is 0 Å². The summed E-state index contributed by atoms with van der Waals surface area (Å²) in [7, 11) is 1.75. The number of methoxy groups -OCH3 is 1. The Morgan fingerprint density at radius 2 is 2.28 bits per heavy atom. The summed E-state index contributed by atoms with van der Waals surface area (Å²) < 4.78 is 5.60. The van der Waals surface area contributed by atoms with E-state index < -0.39 is 0 Å². The van der Waals surface area contributed by atoms with Gasteiger partial charge in [-0.3, -0.25) is 4.90 Å². The number of nitrogens with zero attached hydrogens (tertiary/aromatic N) is 3. The fourth-order valence-electron chi connectivity index (χ4n) is 3.97. The van der Waals surface area contributed by atoms with Crippen molar-refractivity contribution in [1.29, 1.82) is 0 Å². The number of aromatic nitrogens is 2. The van der Waals surface area contributed by atoms with Gasteiger partial charge in [0, 0.05) is 49.1 Å². The molecule has 0 unspecified atom stereocenters. The molecule has 132 valence electrons. The number of aryl methyl sites for hydroxylation is 1. The van der Waals surface area contributed by atoms with Crippen LogP contribution in [0, 0.1) is 6.92 Å². The third kappa shape index (κ3) is 3.39. The van der Waals surface area contributed by atoms with E-state index in [9.17, 15) is 0 Å². The Bertz CT molecular complexity index is 755. The molecule has 4 rings (SSSR count). The lowest BCUT2D eigenvalue weighted by molar-refractivity contribution is 0.238. The highest BCUT2D eigenvalue weighted by Gasteiger charge is 2.23. The summed E-state index contributed by atoms with van der Waals surface area (Å²) >= 11 is 0. The predicted molar refractivity (Wildman–Crippen MR) is 97.6 cm³/mol. The molecule has 0 spiro atoms. The molecule has 5 heteroatoms. The van der Waals surface area contributed by atoms with Crippen LogP contribution in [0.15, 0.2) is 24.4 Å². The first-order valence-corrected chi connectivity index (χ1v) is 9.17. The number of hydrogen-bond donors (Lipinski definition) is 1. The third-order valence-electron chi connectivity index (χ3n) is 5.30. The number of rotatable bonds is 4. The van der Waals surface area contributed by atoms with Crippen molar-refractivity contribution < 1.29 is 4.74 Å². The Labute approximate surface area is 149 Å². The standard InChI is InChI=1S/C20H26N4O/c1-14-5-3-6-15(19(14)25-2)12-24-10-8-17-16(13-24)11-22-20(23-17)18-7-4-9-21-18/h3,5-6,11,18,21H,4,7-10,12-13H2,1-2H3/t18-/m0/s1. The molecular formula is C20H26N4O. The number of benzene rings is 1. The summed E-state index contributed by atoms with van der Waals surface area (Å²) in [6, 6.07) is 6.71. The molecule has 0 amide bonds. The molecule has 3 heterocycles. The largest absolute Gasteiger partial charge is 0.496 e. The van der Waals surface area contributed by atoms with Gasteiger partial charge in [0.05, 0.1) is 13.2 Å². The topological polar surface area (TPSA) is 50.3 Å². The van der Waals surface area contributed by atoms with Crippen LogP contribution in [0.3, 0.4) is 0 Å². The van der Waals surface area contributed by atoms with Crippen LogP contribution >= 0.6 is 0 Å². The summed E-state index contributed by atoms with van der Waals surface area (Å²) in [5.41, 5.74) is 4.93. The maximum atomic E-state index is 5.60. The molecule has 0 saturated carbocycles. The van der Waals surface area contributed by atoms with Crippen molar-refractivity contribution in [2.45, 2.75) is 45.3 Å². The summed E-state index contributed by atoms with van der Waals surface area (Å²) in [4.78, 5) is 12.0. The van der Waals surface area contributed by atoms with Crippen LogP contribution in [0.25, 0.3) is 0 Å². The van der Waals surface area contributed by atoms with Crippen molar-refractivity contribution in [2.75, 3.05) is 20.2 Å². The van der Waals surface area contributed by atoms with Crippen LogP contribution in [-0.2, 0) is 19.5 Å². The zero-order chi connectivity index (χ0) is 17.2. The summed E-state index contributed by atoms with van der Waals surface area (Å²) in [6.45, 7) is 6.01. The van der Waals surface area contributed by atoms with Crippen molar-refractivity contribution in [3.8, 4) is 5.75 Å². The third-order valence-corrected chi connectivity index (χ3v) is 5.30. The summed E-state index contributed by atoms with van der Waals surface area (Å²) in [5, 5.41) is 3.49. The van der Waals surface area contributed by atoms with E-state index in [2.05, 4.69) is 40.3 Å². The molecule has 1 saturated heterocycles. The highest BCUT2D eigenvalue weighted by atomic mass is 16.5. The van der Waals surface area contributed by atoms with Gasteiger partial charge in [-0.05, 0) is 31.9 Å². The highest BCUT2D eigenvalue weighted by molar-refractivity contribution is 5.40. The number of ether oxygens (including phenoxy) is 1. The Balaban J connectivity index is 1.49. The summed E-state index contributed by atoms with van der Waals surface area (Å²) in [5.74, 6) is 1.98. The zero-order valence-corrected chi connectivity index (χ0v) is 15.1. The number of nitrogens with one attached hydrogen (secondary N) is 1. The average molecular weight is 338 g/mol. The van der Waals surface area contributed by atoms with Gasteiger partial charge in [0.2, 0.25) is 0 Å². The van der Waals surface area contributed by atoms with Gasteiger partial charge in [0.25, 0.3) is 0 Å². The Hall–Kier alpha value is -1.98. The van der Waals surface area contributed by atoms with E-state index in [0.29, 0.717) is 6.04 Å². The first kappa shape index (κ1) is 16.5. The molecule has 5 nitrogen and oxygen atoms in total. The quantitative estimate of drug-likeness (QED) is 0.929. The second-order valence-electron chi connectivity index (χ2n) is 7.08. The average Bonchev–Trinajstić information content (AvgIpc) is 3.16. The van der Waals surface area contributed by atoms with Crippen molar-refractivity contribution in [2.24, 2.45) is 0 Å². The Kier molecular flexibility index (Phi) is 4.68. The minimum atomic E-state index is 0.347. The second-order valence-corrected chi connectivity index (χ2v) is 7.08. The van der Waals surface area contributed by atoms with Gasteiger partial charge in [-0.2, -0.15) is 0 Å². The van der Waals surface area contributed by atoms with Gasteiger partial charge in [-0.25, -0.2) is 9.97 Å². The van der Waals surface area contributed by atoms with E-state index in [0.717, 1.165) is 50.6 Å². The van der Waals surface area contributed by atoms with Gasteiger partial charge in [-0.15, -0.1) is 0 Å². The molecule has 0 bridgehead atoms. The SMILES string of the molecule is COc1c(C)cccc1CN1CCc2nc([C@@H]3CCCN3)ncc2C1. The van der Waals surface area contributed by atoms with Gasteiger partial charge >= 0.3 is 0 Å². The van der Waals surface area contributed by atoms with Crippen LogP contribution in [0.5, 0.6) is 5.75 Å². The second kappa shape index (κ2) is 7.10. The van der Waals surface area contributed by atoms with E-state index in [4.69, 9.17) is 9.72 Å². The molecule has 0 radical (unpaired) electrons. The smallest absolute Gasteiger partial charge is 0.145 e. The van der Waals surface area contributed by atoms with Crippen LogP contribution in [0.1, 0.15) is 47.1 Å². The molecule has 1 atom stereocenters. The molecule has 0 aliphatic carbocycles. The highest BCUT2D eigenvalue weighted by Crippen LogP contribution is 2.27. The molecule has 1 aromatic heterocycles. The van der Waals surface area contributed by atoms with Crippen LogP contribution in [-0.4, -0.2) is 35.1 Å². The van der Waals surface area contributed by atoms with Crippen molar-refractivity contribution in [3.63, 3.8) is 0 Å². The maximum Gasteiger partial charge on any atom is 0.145 e. The number of para-hydroxylation sites is 1. The molecule has 1 aromatic carbocycles. The lowest BCUT2D eigenvalue weighted by Gasteiger charge is -2.29. The normalized spacial score (nSPS) is 20.5. The minimum Gasteiger partial charge on any atom is -0.496 e. The summed E-state index contributed by atoms with van der Waals surface area (Å²) in [6.07, 6.45) is 5.40. The number of fused-ring (bicyclic) bond motifs is 1. The van der Waals surface area contributed by atoms with E-state index in [1.807, 2.05) is 6.20 Å². The van der Waals surface area contributed by atoms with Crippen molar-refractivity contribution in [3.05, 3.63) is 52.6 Å². The first-order valence-electron chi connectivity index (χ1n) is 9.17. The van der Waals surface area contributed by atoms with Gasteiger partial charge < -0.3 is 10.1 Å². The molecule has 25 heavy (non-hydrogen) atoms. The molecule has 2 aliphatic heterocycles. The van der Waals surface area contributed by atoms with E-state index in [1.165, 1.54) is 28.8 Å². The molecule has 2 aliphatic rings. The van der Waals surface area contributed by atoms with E-state index in [-0.39, 0.29) is 0 Å². The monoisotopic (exact) mass is 338 g/mol. The zero-order valence-electron chi connectivity index (χ0n) is 15.1. The fraction of sp³-hybridized carbons (Fsp3) is 0.500. The predicted octanol–water partition coefficient (Wildman–Crippen LogP) is 2.78. The van der Waals surface area contributed by atoms with E-state index >= 15 is 0 Å². The number of hydrogen-bond acceptors (Lipinski definition) is 5. The fourth-order valence-corrected chi connectivity index (χ4v) is 3.97. The Morgan fingerprint density at radius 1 is 1.36 bits per heavy atom. The first-order chi connectivity index (χ1) is 12.2. The molecular weight excluding hydrogens is 312 g/mol. The molecule has 1 N–H and O–H groups in total. The van der Waals surface area contributed by atoms with Crippen LogP contribution in [0.4, 0.5) is 0 Å². The lowest BCUT2D eigenvalue weighted by Crippen LogP contribution is -2.31. The maximum absolute atomic E-state index is 5.60. The lowest BCUT2D eigenvalue weighted by atomic mass is 10.0. The van der Waals surface area contributed by atoms with Crippen molar-refractivity contribution >= 4 is 0 Å². The van der Waals surface area contributed by atoms with Gasteiger partial charge in [-0.1, -0.05) is 18.2 Å². The van der Waals surface area contributed by atoms with Gasteiger partial charge in [0.1, 0.15) is 11.6 Å². The minimum absolute atomic E-state index is 0.347. The van der Waals surface area contributed by atoms with Crippen LogP contribution < -0.4 is 10.1 Å². The Morgan fingerprint density at radius 3 is 3.08 bits per heavy atom. The van der Waals surface area contributed by atoms with E-state index in [1.54, 1.807) is 7.11 Å². The molecule has 1 fully saturated rings. The van der Waals surface area contributed by atoms with Gasteiger partial charge in [0.15, 0.2) is 0 Å². The molecule has 2 aromatic rings.